The lowest BCUT2D eigenvalue weighted by atomic mass is 10.1. The van der Waals surface area contributed by atoms with Crippen LogP contribution in [0.4, 0.5) is 0 Å². The second kappa shape index (κ2) is 7.24. The molecule has 2 atom stereocenters. The second-order valence-electron chi connectivity index (χ2n) is 6.90. The minimum Gasteiger partial charge on any atom is -0.348 e. The zero-order chi connectivity index (χ0) is 19.8. The Kier molecular flexibility index (Phi) is 4.77. The Morgan fingerprint density at radius 1 is 1.21 bits per heavy atom. The van der Waals surface area contributed by atoms with Crippen LogP contribution in [0.25, 0.3) is 15.7 Å². The molecule has 3 aromatic heterocycles. The smallest absolute Gasteiger partial charge is 0.291 e. The van der Waals surface area contributed by atoms with Crippen LogP contribution in [0.2, 0.25) is 0 Å². The van der Waals surface area contributed by atoms with Crippen molar-refractivity contribution >= 4 is 33.0 Å². The molecule has 0 aliphatic rings. The Bertz CT molecular complexity index is 1210. The highest BCUT2D eigenvalue weighted by atomic mass is 32.1. The summed E-state index contributed by atoms with van der Waals surface area (Å²) in [4.78, 5) is 26.1. The predicted octanol–water partition coefficient (Wildman–Crippen LogP) is 3.85. The van der Waals surface area contributed by atoms with Gasteiger partial charge in [-0.15, -0.1) is 11.3 Å². The van der Waals surface area contributed by atoms with Gasteiger partial charge in [0.1, 0.15) is 17.4 Å². The fourth-order valence-electron chi connectivity index (χ4n) is 3.61. The number of nitrogens with zero attached hydrogens (tertiary/aromatic N) is 3. The number of benzene rings is 1. The molecule has 4 aromatic rings. The molecular formula is C21H22N4O2S. The normalized spacial score (nSPS) is 13.7. The first-order valence-electron chi connectivity index (χ1n) is 9.34. The van der Waals surface area contributed by atoms with Crippen molar-refractivity contribution in [3.63, 3.8) is 0 Å². The van der Waals surface area contributed by atoms with Crippen molar-refractivity contribution in [3.8, 4) is 0 Å². The van der Waals surface area contributed by atoms with E-state index in [1.54, 1.807) is 11.3 Å². The van der Waals surface area contributed by atoms with Gasteiger partial charge in [0.15, 0.2) is 0 Å². The summed E-state index contributed by atoms with van der Waals surface area (Å²) in [6.45, 7) is 5.69. The number of nitrogens with one attached hydrogen (secondary N) is 1. The summed E-state index contributed by atoms with van der Waals surface area (Å²) in [7, 11) is 0. The molecule has 0 radical (unpaired) electrons. The lowest BCUT2D eigenvalue weighted by Crippen LogP contribution is -2.40. The molecule has 1 N–H and O–H groups in total. The average Bonchev–Trinajstić information content (AvgIpc) is 3.28. The zero-order valence-corrected chi connectivity index (χ0v) is 16.9. The quantitative estimate of drug-likeness (QED) is 0.559. The predicted molar refractivity (Wildman–Crippen MR) is 112 cm³/mol. The van der Waals surface area contributed by atoms with Gasteiger partial charge in [-0.05, 0) is 43.3 Å². The summed E-state index contributed by atoms with van der Waals surface area (Å²) < 4.78 is 4.23. The summed E-state index contributed by atoms with van der Waals surface area (Å²) in [5, 5.41) is 9.50. The van der Waals surface area contributed by atoms with Crippen LogP contribution in [0.3, 0.4) is 0 Å². The fourth-order valence-corrected chi connectivity index (χ4v) is 4.41. The largest absolute Gasteiger partial charge is 0.348 e. The summed E-state index contributed by atoms with van der Waals surface area (Å²) in [5.41, 5.74) is 2.30. The summed E-state index contributed by atoms with van der Waals surface area (Å²) in [5.74, 6) is 0.482. The van der Waals surface area contributed by atoms with Crippen molar-refractivity contribution in [1.82, 2.24) is 19.5 Å². The van der Waals surface area contributed by atoms with Crippen molar-refractivity contribution in [1.29, 1.82) is 0 Å². The third-order valence-electron chi connectivity index (χ3n) is 5.07. The second-order valence-corrected chi connectivity index (χ2v) is 7.84. The number of hydrogen-bond acceptors (Lipinski definition) is 4. The first-order valence-corrected chi connectivity index (χ1v) is 10.2. The molecule has 3 heterocycles. The van der Waals surface area contributed by atoms with Crippen LogP contribution in [-0.4, -0.2) is 20.1 Å². The Morgan fingerprint density at radius 2 is 1.96 bits per heavy atom. The molecule has 0 spiro atoms. The maximum absolute atomic E-state index is 13.1. The van der Waals surface area contributed by atoms with Crippen LogP contribution in [-0.2, 0) is 4.79 Å². The minimum atomic E-state index is -0.657. The van der Waals surface area contributed by atoms with Gasteiger partial charge in [-0.3, -0.25) is 14.0 Å². The van der Waals surface area contributed by atoms with E-state index in [4.69, 9.17) is 0 Å². The summed E-state index contributed by atoms with van der Waals surface area (Å²) in [6, 6.07) is 12.8. The van der Waals surface area contributed by atoms with E-state index in [0.29, 0.717) is 17.8 Å². The van der Waals surface area contributed by atoms with Crippen molar-refractivity contribution in [2.24, 2.45) is 0 Å². The molecule has 0 saturated heterocycles. The number of rotatable bonds is 5. The van der Waals surface area contributed by atoms with Crippen LogP contribution >= 0.6 is 11.3 Å². The van der Waals surface area contributed by atoms with Gasteiger partial charge in [-0.2, -0.15) is 5.10 Å². The summed E-state index contributed by atoms with van der Waals surface area (Å²) >= 11 is 1.59. The molecule has 0 fully saturated rings. The van der Waals surface area contributed by atoms with E-state index in [2.05, 4.69) is 10.4 Å². The number of amides is 1. The van der Waals surface area contributed by atoms with E-state index in [0.717, 1.165) is 15.8 Å². The number of carbonyl (C=O) groups is 1. The molecule has 28 heavy (non-hydrogen) atoms. The molecule has 6 nitrogen and oxygen atoms in total. The van der Waals surface area contributed by atoms with Gasteiger partial charge < -0.3 is 5.32 Å². The molecule has 1 amide bonds. The molecule has 0 saturated carbocycles. The van der Waals surface area contributed by atoms with Crippen LogP contribution in [0.5, 0.6) is 0 Å². The van der Waals surface area contributed by atoms with Gasteiger partial charge in [0.05, 0.1) is 16.3 Å². The van der Waals surface area contributed by atoms with E-state index in [1.807, 2.05) is 73.0 Å². The van der Waals surface area contributed by atoms with Gasteiger partial charge in [0, 0.05) is 0 Å². The van der Waals surface area contributed by atoms with Crippen molar-refractivity contribution in [2.75, 3.05) is 0 Å². The lowest BCUT2D eigenvalue weighted by Gasteiger charge is -2.21. The third-order valence-corrected chi connectivity index (χ3v) is 5.92. The van der Waals surface area contributed by atoms with Crippen LogP contribution in [0.15, 0.2) is 52.6 Å². The van der Waals surface area contributed by atoms with Crippen LogP contribution in [0, 0.1) is 6.92 Å². The first-order chi connectivity index (χ1) is 13.5. The standard InChI is InChI=1S/C21H22N4O2S/c1-4-16(20(26)22-13(2)15-8-6-5-7-9-15)25-21(27)18-12-19-17(10-11-28-19)24(18)14(3)23-25/h5-13,16H,4H2,1-3H3,(H,22,26). The molecule has 2 unspecified atom stereocenters. The topological polar surface area (TPSA) is 68.4 Å². The minimum absolute atomic E-state index is 0.151. The van der Waals surface area contributed by atoms with Crippen molar-refractivity contribution in [2.45, 2.75) is 39.3 Å². The van der Waals surface area contributed by atoms with Gasteiger partial charge in [-0.1, -0.05) is 37.3 Å². The monoisotopic (exact) mass is 394 g/mol. The molecule has 7 heteroatoms. The highest BCUT2D eigenvalue weighted by Crippen LogP contribution is 2.25. The number of fused-ring (bicyclic) bond motifs is 3. The molecule has 0 bridgehead atoms. The Balaban J connectivity index is 1.71. The average molecular weight is 395 g/mol. The summed E-state index contributed by atoms with van der Waals surface area (Å²) in [6.07, 6.45) is 0.477. The highest BCUT2D eigenvalue weighted by molar-refractivity contribution is 7.17. The van der Waals surface area contributed by atoms with E-state index in [9.17, 15) is 9.59 Å². The number of aromatic nitrogens is 3. The number of aryl methyl sites for hydroxylation is 1. The van der Waals surface area contributed by atoms with E-state index in [1.165, 1.54) is 4.68 Å². The number of thiophene rings is 1. The fraction of sp³-hybridized carbons (Fsp3) is 0.286. The molecule has 0 aliphatic heterocycles. The zero-order valence-electron chi connectivity index (χ0n) is 16.0. The van der Waals surface area contributed by atoms with Crippen LogP contribution in [0.1, 0.15) is 43.7 Å². The maximum Gasteiger partial charge on any atom is 0.291 e. The molecule has 144 valence electrons. The van der Waals surface area contributed by atoms with Crippen molar-refractivity contribution < 1.29 is 4.79 Å². The molecular weight excluding hydrogens is 372 g/mol. The first kappa shape index (κ1) is 18.4. The van der Waals surface area contributed by atoms with Gasteiger partial charge >= 0.3 is 0 Å². The molecule has 1 aromatic carbocycles. The SMILES string of the molecule is CCC(C(=O)NC(C)c1ccccc1)n1nc(C)n2c(cc3sccc32)c1=O. The Hall–Kier alpha value is -2.93. The number of hydrogen-bond donors (Lipinski definition) is 1. The molecule has 4 rings (SSSR count). The maximum atomic E-state index is 13.1. The Labute approximate surface area is 166 Å². The van der Waals surface area contributed by atoms with E-state index < -0.39 is 6.04 Å². The van der Waals surface area contributed by atoms with Crippen LogP contribution < -0.4 is 10.9 Å². The van der Waals surface area contributed by atoms with Gasteiger partial charge in [-0.25, -0.2) is 4.68 Å². The van der Waals surface area contributed by atoms with Crippen molar-refractivity contribution in [3.05, 3.63) is 69.6 Å². The highest BCUT2D eigenvalue weighted by Gasteiger charge is 2.25. The lowest BCUT2D eigenvalue weighted by molar-refractivity contribution is -0.125. The Morgan fingerprint density at radius 3 is 2.68 bits per heavy atom. The van der Waals surface area contributed by atoms with Gasteiger partial charge in [0.2, 0.25) is 5.91 Å². The molecule has 0 aliphatic carbocycles. The number of carbonyl (C=O) groups excluding carboxylic acids is 1. The third kappa shape index (κ3) is 3.01. The van der Waals surface area contributed by atoms with E-state index in [-0.39, 0.29) is 17.5 Å². The van der Waals surface area contributed by atoms with Gasteiger partial charge in [0.25, 0.3) is 5.56 Å². The van der Waals surface area contributed by atoms with E-state index >= 15 is 0 Å².